The second-order valence-corrected chi connectivity index (χ2v) is 4.03. The van der Waals surface area contributed by atoms with E-state index >= 15 is 0 Å². The Hall–Kier alpha value is -1.69. The fourth-order valence-electron chi connectivity index (χ4n) is 1.90. The van der Waals surface area contributed by atoms with Gasteiger partial charge in [0.05, 0.1) is 0 Å². The maximum Gasteiger partial charge on any atom is 3.00 e. The Morgan fingerprint density at radius 2 is 1.00 bits per heavy atom. The van der Waals surface area contributed by atoms with Crippen LogP contribution in [0.15, 0.2) is 66.7 Å². The van der Waals surface area contributed by atoms with Gasteiger partial charge in [0, 0.05) is 0 Å². The Kier molecular flexibility index (Phi) is 4.68. The summed E-state index contributed by atoms with van der Waals surface area (Å²) in [6, 6.07) is 31.9. The zero-order valence-corrected chi connectivity index (χ0v) is 12.6. The Morgan fingerprint density at radius 1 is 0.526 bits per heavy atom. The van der Waals surface area contributed by atoms with Crippen molar-refractivity contribution < 1.29 is 20.1 Å². The third kappa shape index (κ3) is 3.20. The summed E-state index contributed by atoms with van der Waals surface area (Å²) >= 11 is 0. The van der Waals surface area contributed by atoms with Gasteiger partial charge in [0.1, 0.15) is 0 Å². The van der Waals surface area contributed by atoms with Crippen molar-refractivity contribution in [3.8, 4) is 22.3 Å². The molecule has 92 valence electrons. The minimum absolute atomic E-state index is 0. The van der Waals surface area contributed by atoms with E-state index in [-0.39, 0.29) is 20.1 Å². The van der Waals surface area contributed by atoms with Crippen LogP contribution >= 0.6 is 0 Å². The maximum absolute atomic E-state index is 3.41. The average molecular weight is 420 g/mol. The van der Waals surface area contributed by atoms with E-state index in [1.54, 1.807) is 0 Å². The fraction of sp³-hybridized carbons (Fsp3) is 0. The van der Waals surface area contributed by atoms with Crippen LogP contribution in [0.3, 0.4) is 0 Å². The van der Waals surface area contributed by atoms with Crippen LogP contribution in [0.1, 0.15) is 0 Å². The molecule has 0 radical (unpaired) electrons. The molecule has 1 heteroatoms. The molecule has 0 amide bonds. The molecule has 0 aliphatic rings. The van der Waals surface area contributed by atoms with Gasteiger partial charge >= 0.3 is 20.1 Å². The van der Waals surface area contributed by atoms with Gasteiger partial charge in [-0.1, -0.05) is 0 Å². The summed E-state index contributed by atoms with van der Waals surface area (Å²) in [4.78, 5) is 0. The number of benzene rings is 3. The van der Waals surface area contributed by atoms with Crippen molar-refractivity contribution in [1.82, 2.24) is 0 Å². The van der Waals surface area contributed by atoms with Crippen LogP contribution in [0.2, 0.25) is 0 Å². The molecule has 0 aliphatic heterocycles. The van der Waals surface area contributed by atoms with Crippen molar-refractivity contribution >= 4 is 0 Å². The third-order valence-electron chi connectivity index (χ3n) is 2.79. The van der Waals surface area contributed by atoms with E-state index < -0.39 is 0 Å². The molecule has 0 bridgehead atoms. The van der Waals surface area contributed by atoms with Gasteiger partial charge in [0.15, 0.2) is 0 Å². The third-order valence-corrected chi connectivity index (χ3v) is 2.79. The van der Waals surface area contributed by atoms with Crippen LogP contribution in [0.5, 0.6) is 0 Å². The summed E-state index contributed by atoms with van der Waals surface area (Å²) < 4.78 is 0. The molecule has 0 aliphatic carbocycles. The summed E-state index contributed by atoms with van der Waals surface area (Å²) in [5.74, 6) is 0. The molecule has 0 N–H and O–H groups in total. The molecule has 3 aromatic rings. The summed E-state index contributed by atoms with van der Waals surface area (Å²) in [6.45, 7) is 0. The van der Waals surface area contributed by atoms with Crippen LogP contribution < -0.4 is 0 Å². The predicted octanol–water partition coefficient (Wildman–Crippen LogP) is 4.42. The zero-order chi connectivity index (χ0) is 12.2. The number of rotatable bonds is 2. The largest absolute Gasteiger partial charge is 3.00 e. The normalized spacial score (nSPS) is 9.68. The minimum Gasteiger partial charge on any atom is -0.219 e. The first-order valence-corrected chi connectivity index (χ1v) is 5.90. The fourth-order valence-corrected chi connectivity index (χ4v) is 1.90. The van der Waals surface area contributed by atoms with E-state index in [1.165, 1.54) is 0 Å². The van der Waals surface area contributed by atoms with Gasteiger partial charge in [-0.2, -0.15) is 60.7 Å². The van der Waals surface area contributed by atoms with E-state index in [0.717, 1.165) is 22.3 Å². The SMILES string of the molecule is [Ir+3].[c-]1ccccc1-c1[c-]c(-c2[c-]cccc2)ccc1. The molecule has 0 nitrogen and oxygen atoms in total. The first kappa shape index (κ1) is 13.7. The first-order chi connectivity index (χ1) is 8.93. The summed E-state index contributed by atoms with van der Waals surface area (Å²) in [5.41, 5.74) is 4.25. The van der Waals surface area contributed by atoms with Gasteiger partial charge in [-0.25, -0.2) is 28.3 Å². The number of hydrogen-bond donors (Lipinski definition) is 0. The maximum atomic E-state index is 3.41. The van der Waals surface area contributed by atoms with Crippen LogP contribution in [0.4, 0.5) is 0 Å². The molecule has 3 aromatic carbocycles. The van der Waals surface area contributed by atoms with E-state index in [4.69, 9.17) is 0 Å². The Labute approximate surface area is 127 Å². The molecule has 0 saturated carbocycles. The summed E-state index contributed by atoms with van der Waals surface area (Å²) in [7, 11) is 0. The van der Waals surface area contributed by atoms with Crippen LogP contribution in [0.25, 0.3) is 22.3 Å². The van der Waals surface area contributed by atoms with E-state index in [2.05, 4.69) is 30.3 Å². The van der Waals surface area contributed by atoms with Gasteiger partial charge < -0.3 is 0 Å². The topological polar surface area (TPSA) is 0 Å². The zero-order valence-electron chi connectivity index (χ0n) is 10.2. The Morgan fingerprint density at radius 3 is 1.42 bits per heavy atom. The molecule has 0 fully saturated rings. The van der Waals surface area contributed by atoms with Crippen molar-refractivity contribution in [2.75, 3.05) is 0 Å². The van der Waals surface area contributed by atoms with E-state index in [1.807, 2.05) is 54.6 Å². The molecule has 0 unspecified atom stereocenters. The van der Waals surface area contributed by atoms with Gasteiger partial charge in [0.25, 0.3) is 0 Å². The summed E-state index contributed by atoms with van der Waals surface area (Å²) in [5, 5.41) is 0. The molecular formula is C18H11Ir. The van der Waals surface area contributed by atoms with Gasteiger partial charge in [0.2, 0.25) is 0 Å². The van der Waals surface area contributed by atoms with Gasteiger partial charge in [-0.15, -0.1) is 18.2 Å². The minimum atomic E-state index is 0. The van der Waals surface area contributed by atoms with E-state index in [9.17, 15) is 0 Å². The van der Waals surface area contributed by atoms with Crippen LogP contribution in [-0.4, -0.2) is 0 Å². The molecule has 0 spiro atoms. The molecule has 0 aromatic heterocycles. The average Bonchev–Trinajstić information content (AvgIpc) is 2.49. The Bertz CT molecular complexity index is 575. The van der Waals surface area contributed by atoms with E-state index in [0.29, 0.717) is 0 Å². The quantitative estimate of drug-likeness (QED) is 0.540. The van der Waals surface area contributed by atoms with Gasteiger partial charge in [-0.3, -0.25) is 0 Å². The molecule has 0 heterocycles. The van der Waals surface area contributed by atoms with Crippen molar-refractivity contribution in [1.29, 1.82) is 0 Å². The molecule has 19 heavy (non-hydrogen) atoms. The van der Waals surface area contributed by atoms with Crippen molar-refractivity contribution in [3.63, 3.8) is 0 Å². The Balaban J connectivity index is 0.00000133. The molecule has 0 atom stereocenters. The first-order valence-electron chi connectivity index (χ1n) is 5.90. The monoisotopic (exact) mass is 420 g/mol. The van der Waals surface area contributed by atoms with Crippen LogP contribution in [0, 0.1) is 18.2 Å². The summed E-state index contributed by atoms with van der Waals surface area (Å²) in [6.07, 6.45) is 0. The number of hydrogen-bond acceptors (Lipinski definition) is 0. The molecule has 0 saturated heterocycles. The van der Waals surface area contributed by atoms with Crippen molar-refractivity contribution in [2.24, 2.45) is 0 Å². The smallest absolute Gasteiger partial charge is 0.219 e. The van der Waals surface area contributed by atoms with Crippen molar-refractivity contribution in [2.45, 2.75) is 0 Å². The van der Waals surface area contributed by atoms with Gasteiger partial charge in [-0.05, 0) is 0 Å². The molecular weight excluding hydrogens is 408 g/mol. The van der Waals surface area contributed by atoms with Crippen LogP contribution in [-0.2, 0) is 20.1 Å². The second kappa shape index (κ2) is 6.47. The van der Waals surface area contributed by atoms with Crippen molar-refractivity contribution in [3.05, 3.63) is 84.9 Å². The second-order valence-electron chi connectivity index (χ2n) is 4.03. The predicted molar refractivity (Wildman–Crippen MR) is 73.8 cm³/mol. The standard InChI is InChI=1S/C18H11.Ir/c1-3-8-15(9-4-1)17-12-7-13-18(14-17)16-10-5-2-6-11-16;/h1-8,10,12-13H;/q-3;+3. The molecule has 3 rings (SSSR count).